The highest BCUT2D eigenvalue weighted by Gasteiger charge is 2.24. The van der Waals surface area contributed by atoms with Crippen molar-refractivity contribution in [2.45, 2.75) is 45.2 Å². The number of hydrogen-bond donors (Lipinski definition) is 1. The molecule has 1 aliphatic heterocycles. The zero-order valence-corrected chi connectivity index (χ0v) is 9.35. The summed E-state index contributed by atoms with van der Waals surface area (Å²) in [5.41, 5.74) is 3.36. The standard InChI is InChI=1S/C11H18N4/c1-9-4-3-5-10(2)15(9)14-11-6-7-12-8-13-11/h6-10H,3-5H2,1-2H3,(H,12,13,14). The molecule has 0 spiro atoms. The lowest BCUT2D eigenvalue weighted by Crippen LogP contribution is -2.47. The Morgan fingerprint density at radius 3 is 2.67 bits per heavy atom. The molecule has 1 fully saturated rings. The monoisotopic (exact) mass is 206 g/mol. The van der Waals surface area contributed by atoms with Gasteiger partial charge in [-0.05, 0) is 26.7 Å². The summed E-state index contributed by atoms with van der Waals surface area (Å²) in [6.45, 7) is 4.51. The maximum Gasteiger partial charge on any atom is 0.143 e. The third kappa shape index (κ3) is 2.45. The van der Waals surface area contributed by atoms with Crippen LogP contribution in [0.25, 0.3) is 0 Å². The first kappa shape index (κ1) is 10.4. The zero-order chi connectivity index (χ0) is 10.7. The van der Waals surface area contributed by atoms with Crippen LogP contribution >= 0.6 is 0 Å². The van der Waals surface area contributed by atoms with Crippen molar-refractivity contribution in [3.05, 3.63) is 18.6 Å². The summed E-state index contributed by atoms with van der Waals surface area (Å²) < 4.78 is 0. The Balaban J connectivity index is 2.03. The highest BCUT2D eigenvalue weighted by molar-refractivity contribution is 5.30. The van der Waals surface area contributed by atoms with E-state index in [0.29, 0.717) is 12.1 Å². The quantitative estimate of drug-likeness (QED) is 0.804. The molecular weight excluding hydrogens is 188 g/mol. The van der Waals surface area contributed by atoms with Crippen molar-refractivity contribution in [3.8, 4) is 0 Å². The van der Waals surface area contributed by atoms with Gasteiger partial charge in [-0.15, -0.1) is 0 Å². The molecule has 82 valence electrons. The summed E-state index contributed by atoms with van der Waals surface area (Å²) in [5, 5.41) is 2.30. The Kier molecular flexibility index (Phi) is 3.16. The van der Waals surface area contributed by atoms with Crippen molar-refractivity contribution >= 4 is 5.82 Å². The molecule has 2 unspecified atom stereocenters. The number of piperidine rings is 1. The van der Waals surface area contributed by atoms with Gasteiger partial charge >= 0.3 is 0 Å². The summed E-state index contributed by atoms with van der Waals surface area (Å²) in [7, 11) is 0. The van der Waals surface area contributed by atoms with Gasteiger partial charge in [0.2, 0.25) is 0 Å². The van der Waals surface area contributed by atoms with Crippen molar-refractivity contribution < 1.29 is 0 Å². The van der Waals surface area contributed by atoms with E-state index in [9.17, 15) is 0 Å². The molecule has 1 saturated heterocycles. The lowest BCUT2D eigenvalue weighted by atomic mass is 10.00. The molecule has 4 heteroatoms. The van der Waals surface area contributed by atoms with Gasteiger partial charge in [-0.25, -0.2) is 15.0 Å². The van der Waals surface area contributed by atoms with E-state index in [-0.39, 0.29) is 0 Å². The molecule has 1 aromatic rings. The number of hydrogen-bond acceptors (Lipinski definition) is 4. The zero-order valence-electron chi connectivity index (χ0n) is 9.35. The van der Waals surface area contributed by atoms with Gasteiger partial charge in [0.05, 0.1) is 0 Å². The lowest BCUT2D eigenvalue weighted by Gasteiger charge is -2.39. The van der Waals surface area contributed by atoms with Crippen LogP contribution in [0.4, 0.5) is 5.82 Å². The molecule has 0 aromatic carbocycles. The van der Waals surface area contributed by atoms with E-state index in [1.165, 1.54) is 19.3 Å². The minimum atomic E-state index is 0.573. The van der Waals surface area contributed by atoms with E-state index in [4.69, 9.17) is 0 Å². The predicted molar refractivity (Wildman–Crippen MR) is 60.3 cm³/mol. The summed E-state index contributed by atoms with van der Waals surface area (Å²) in [4.78, 5) is 8.08. The third-order valence-corrected chi connectivity index (χ3v) is 3.02. The van der Waals surface area contributed by atoms with Crippen LogP contribution in [0.1, 0.15) is 33.1 Å². The Hall–Kier alpha value is -1.16. The SMILES string of the molecule is CC1CCCC(C)N1Nc1ccncn1. The normalized spacial score (nSPS) is 27.6. The Morgan fingerprint density at radius 2 is 2.07 bits per heavy atom. The maximum absolute atomic E-state index is 4.18. The van der Waals surface area contributed by atoms with E-state index >= 15 is 0 Å². The molecule has 0 aliphatic carbocycles. The fraction of sp³-hybridized carbons (Fsp3) is 0.636. The Labute approximate surface area is 90.7 Å². The molecular formula is C11H18N4. The fourth-order valence-electron chi connectivity index (χ4n) is 2.13. The highest BCUT2D eigenvalue weighted by atomic mass is 15.5. The molecule has 0 radical (unpaired) electrons. The van der Waals surface area contributed by atoms with E-state index < -0.39 is 0 Å². The summed E-state index contributed by atoms with van der Waals surface area (Å²) in [6, 6.07) is 3.04. The molecule has 0 bridgehead atoms. The van der Waals surface area contributed by atoms with E-state index in [0.717, 1.165) is 5.82 Å². The number of aromatic nitrogens is 2. The van der Waals surface area contributed by atoms with Crippen molar-refractivity contribution in [3.63, 3.8) is 0 Å². The van der Waals surface area contributed by atoms with Crippen LogP contribution in [-0.4, -0.2) is 27.1 Å². The first-order chi connectivity index (χ1) is 7.27. The summed E-state index contributed by atoms with van der Waals surface area (Å²) in [5.74, 6) is 0.880. The van der Waals surface area contributed by atoms with Gasteiger partial charge in [0.25, 0.3) is 0 Å². The Morgan fingerprint density at radius 1 is 1.33 bits per heavy atom. The summed E-state index contributed by atoms with van der Waals surface area (Å²) >= 11 is 0. The van der Waals surface area contributed by atoms with Crippen molar-refractivity contribution in [2.75, 3.05) is 5.43 Å². The summed E-state index contributed by atoms with van der Waals surface area (Å²) in [6.07, 6.45) is 7.16. The van der Waals surface area contributed by atoms with Gasteiger partial charge in [0.15, 0.2) is 0 Å². The topological polar surface area (TPSA) is 41.0 Å². The van der Waals surface area contributed by atoms with Crippen LogP contribution < -0.4 is 5.43 Å². The highest BCUT2D eigenvalue weighted by Crippen LogP contribution is 2.22. The number of nitrogens with one attached hydrogen (secondary N) is 1. The molecule has 0 amide bonds. The van der Waals surface area contributed by atoms with Crippen LogP contribution in [0.15, 0.2) is 18.6 Å². The second-order valence-corrected chi connectivity index (χ2v) is 4.24. The first-order valence-electron chi connectivity index (χ1n) is 5.58. The van der Waals surface area contributed by atoms with Crippen molar-refractivity contribution in [1.82, 2.24) is 15.0 Å². The minimum absolute atomic E-state index is 0.573. The average Bonchev–Trinajstić information content (AvgIpc) is 2.25. The molecule has 1 aliphatic rings. The van der Waals surface area contributed by atoms with Gasteiger partial charge in [-0.1, -0.05) is 6.42 Å². The minimum Gasteiger partial charge on any atom is -0.303 e. The largest absolute Gasteiger partial charge is 0.303 e. The van der Waals surface area contributed by atoms with Crippen molar-refractivity contribution in [2.24, 2.45) is 0 Å². The number of hydrazine groups is 1. The van der Waals surface area contributed by atoms with Crippen molar-refractivity contribution in [1.29, 1.82) is 0 Å². The third-order valence-electron chi connectivity index (χ3n) is 3.02. The van der Waals surface area contributed by atoms with E-state index in [1.807, 2.05) is 6.07 Å². The second kappa shape index (κ2) is 4.57. The molecule has 15 heavy (non-hydrogen) atoms. The molecule has 4 nitrogen and oxygen atoms in total. The molecule has 1 aromatic heterocycles. The smallest absolute Gasteiger partial charge is 0.143 e. The van der Waals surface area contributed by atoms with Crippen LogP contribution in [0.3, 0.4) is 0 Å². The Bertz CT molecular complexity index is 291. The van der Waals surface area contributed by atoms with Gasteiger partial charge in [-0.3, -0.25) is 0 Å². The van der Waals surface area contributed by atoms with E-state index in [1.54, 1.807) is 12.5 Å². The van der Waals surface area contributed by atoms with Gasteiger partial charge in [0.1, 0.15) is 12.1 Å². The number of nitrogens with zero attached hydrogens (tertiary/aromatic N) is 3. The van der Waals surface area contributed by atoms with Gasteiger partial charge < -0.3 is 5.43 Å². The lowest BCUT2D eigenvalue weighted by molar-refractivity contribution is 0.135. The average molecular weight is 206 g/mol. The van der Waals surface area contributed by atoms with E-state index in [2.05, 4.69) is 34.3 Å². The number of anilines is 1. The predicted octanol–water partition coefficient (Wildman–Crippen LogP) is 2.07. The fourth-order valence-corrected chi connectivity index (χ4v) is 2.13. The molecule has 1 N–H and O–H groups in total. The molecule has 2 atom stereocenters. The maximum atomic E-state index is 4.18. The van der Waals surface area contributed by atoms with Crippen LogP contribution in [0.2, 0.25) is 0 Å². The van der Waals surface area contributed by atoms with Crippen LogP contribution in [-0.2, 0) is 0 Å². The molecule has 2 rings (SSSR count). The van der Waals surface area contributed by atoms with Gasteiger partial charge in [0, 0.05) is 24.3 Å². The second-order valence-electron chi connectivity index (χ2n) is 4.24. The molecule has 0 saturated carbocycles. The van der Waals surface area contributed by atoms with Crippen LogP contribution in [0, 0.1) is 0 Å². The molecule has 2 heterocycles. The van der Waals surface area contributed by atoms with Gasteiger partial charge in [-0.2, -0.15) is 0 Å². The van der Waals surface area contributed by atoms with Crippen LogP contribution in [0.5, 0.6) is 0 Å². The first-order valence-corrected chi connectivity index (χ1v) is 5.58. The number of rotatable bonds is 2.